The number of benzene rings is 1. The van der Waals surface area contributed by atoms with Gasteiger partial charge in [-0.3, -0.25) is 0 Å². The molecule has 0 unspecified atom stereocenters. The Labute approximate surface area is 176 Å². The van der Waals surface area contributed by atoms with Gasteiger partial charge in [0.25, 0.3) is 0 Å². The van der Waals surface area contributed by atoms with Gasteiger partial charge in [0.15, 0.2) is 0 Å². The lowest BCUT2D eigenvalue weighted by Gasteiger charge is -2.06. The second-order valence-corrected chi connectivity index (χ2v) is 7.10. The van der Waals surface area contributed by atoms with E-state index in [0.717, 1.165) is 23.3 Å². The lowest BCUT2D eigenvalue weighted by molar-refractivity contribution is 0.663. The molecule has 2 rings (SSSR count). The smallest absolute Gasteiger partial charge is 0.119 e. The van der Waals surface area contributed by atoms with Crippen molar-refractivity contribution in [3.63, 3.8) is 0 Å². The minimum atomic E-state index is -0.166. The Morgan fingerprint density at radius 2 is 1.71 bits per heavy atom. The zero-order chi connectivity index (χ0) is 21.4. The highest BCUT2D eigenvalue weighted by atomic mass is 32.2. The maximum Gasteiger partial charge on any atom is 0.119 e. The first-order chi connectivity index (χ1) is 13.5. The van der Waals surface area contributed by atoms with Gasteiger partial charge in [0.2, 0.25) is 0 Å². The van der Waals surface area contributed by atoms with Gasteiger partial charge in [-0.2, -0.15) is 0 Å². The molecule has 0 saturated heterocycles. The van der Waals surface area contributed by atoms with Crippen molar-refractivity contribution < 1.29 is 4.39 Å². The largest absolute Gasteiger partial charge is 0.207 e. The van der Waals surface area contributed by atoms with Gasteiger partial charge in [-0.1, -0.05) is 69.8 Å². The minimum absolute atomic E-state index is 0.166. The molecule has 0 heterocycles. The third-order valence-electron chi connectivity index (χ3n) is 3.99. The van der Waals surface area contributed by atoms with Gasteiger partial charge in [-0.25, -0.2) is 4.39 Å². The molecular weight excluding hydrogens is 363 g/mol. The molecule has 0 amide bonds. The Morgan fingerprint density at radius 1 is 1.11 bits per heavy atom. The van der Waals surface area contributed by atoms with Crippen molar-refractivity contribution in [2.75, 3.05) is 0 Å². The molecule has 1 aromatic rings. The number of hydrogen-bond donors (Lipinski definition) is 0. The Morgan fingerprint density at radius 3 is 2.21 bits per heavy atom. The normalized spacial score (nSPS) is 13.0. The molecule has 1 aliphatic carbocycles. The molecule has 0 N–H and O–H groups in total. The van der Waals surface area contributed by atoms with Crippen molar-refractivity contribution in [1.29, 1.82) is 0 Å². The number of hydrogen-bond acceptors (Lipinski definition) is 1. The standard InChI is InChI=1S/C16H19FS.C8H10.C2H6/c1-4-7-13(3)18-12-14(5-2)15-8-6-9-16(17)11-10-15;1-7-5-3-4-6-8(7)2;1-2/h4,8-12H,1,3,5-7H2,2H3;3-6H,1-2H3;1-2H3/b14-12+;;. The summed E-state index contributed by atoms with van der Waals surface area (Å²) in [5, 5.41) is 2.10. The summed E-state index contributed by atoms with van der Waals surface area (Å²) in [5.41, 5.74) is 5.05. The quantitative estimate of drug-likeness (QED) is 0.430. The molecule has 2 heteroatoms. The highest BCUT2D eigenvalue weighted by Gasteiger charge is 2.03. The number of halogens is 1. The first-order valence-electron chi connectivity index (χ1n) is 9.88. The highest BCUT2D eigenvalue weighted by molar-refractivity contribution is 8.05. The van der Waals surface area contributed by atoms with Crippen LogP contribution in [0.5, 0.6) is 0 Å². The Bertz CT molecular complexity index is 712. The fourth-order valence-electron chi connectivity index (χ4n) is 2.22. The topological polar surface area (TPSA) is 0 Å². The fraction of sp³-hybridized carbons (Fsp3) is 0.308. The first-order valence-corrected chi connectivity index (χ1v) is 10.8. The number of thioether (sulfide) groups is 1. The molecule has 0 aromatic heterocycles. The Balaban J connectivity index is 0.000000604. The summed E-state index contributed by atoms with van der Waals surface area (Å²) in [4.78, 5) is 1.07. The van der Waals surface area contributed by atoms with Crippen LogP contribution in [0.1, 0.15) is 51.2 Å². The van der Waals surface area contributed by atoms with Crippen molar-refractivity contribution >= 4 is 11.8 Å². The van der Waals surface area contributed by atoms with Gasteiger partial charge in [0.05, 0.1) is 0 Å². The van der Waals surface area contributed by atoms with Crippen LogP contribution in [0.4, 0.5) is 4.39 Å². The molecule has 0 bridgehead atoms. The van der Waals surface area contributed by atoms with E-state index in [1.165, 1.54) is 22.8 Å². The maximum atomic E-state index is 13.1. The maximum absolute atomic E-state index is 13.1. The van der Waals surface area contributed by atoms with Gasteiger partial charge in [-0.15, -0.1) is 18.3 Å². The van der Waals surface area contributed by atoms with E-state index in [0.29, 0.717) is 6.42 Å². The molecule has 0 nitrogen and oxygen atoms in total. The fourth-order valence-corrected chi connectivity index (χ4v) is 3.05. The van der Waals surface area contributed by atoms with Gasteiger partial charge < -0.3 is 0 Å². The molecule has 0 radical (unpaired) electrons. The average Bonchev–Trinajstić information content (AvgIpc) is 2.92. The zero-order valence-corrected chi connectivity index (χ0v) is 18.9. The lowest BCUT2D eigenvalue weighted by atomic mass is 10.0. The summed E-state index contributed by atoms with van der Waals surface area (Å²) < 4.78 is 13.1. The third kappa shape index (κ3) is 10.9. The lowest BCUT2D eigenvalue weighted by Crippen LogP contribution is -1.84. The van der Waals surface area contributed by atoms with Crippen molar-refractivity contribution in [2.24, 2.45) is 0 Å². The molecule has 1 aromatic carbocycles. The summed E-state index contributed by atoms with van der Waals surface area (Å²) in [6, 6.07) is 8.36. The van der Waals surface area contributed by atoms with Crippen LogP contribution in [-0.4, -0.2) is 0 Å². The molecule has 0 atom stereocenters. The molecule has 28 heavy (non-hydrogen) atoms. The molecule has 0 aliphatic heterocycles. The summed E-state index contributed by atoms with van der Waals surface area (Å²) in [5.74, 6) is -0.166. The first kappa shape index (κ1) is 25.9. The predicted octanol–water partition coefficient (Wildman–Crippen LogP) is 9.17. The van der Waals surface area contributed by atoms with Crippen LogP contribution in [0.15, 0.2) is 95.1 Å². The van der Waals surface area contributed by atoms with Crippen LogP contribution in [0.25, 0.3) is 0 Å². The number of rotatable bonds is 6. The third-order valence-corrected chi connectivity index (χ3v) is 4.89. The van der Waals surface area contributed by atoms with Crippen LogP contribution < -0.4 is 0 Å². The monoisotopic (exact) mass is 398 g/mol. The van der Waals surface area contributed by atoms with Crippen molar-refractivity contribution in [2.45, 2.75) is 53.9 Å². The van der Waals surface area contributed by atoms with E-state index in [9.17, 15) is 4.39 Å². The minimum Gasteiger partial charge on any atom is -0.207 e. The van der Waals surface area contributed by atoms with Crippen molar-refractivity contribution in [3.8, 4) is 0 Å². The zero-order valence-electron chi connectivity index (χ0n) is 18.1. The van der Waals surface area contributed by atoms with E-state index in [-0.39, 0.29) is 5.83 Å². The summed E-state index contributed by atoms with van der Waals surface area (Å²) >= 11 is 1.62. The summed E-state index contributed by atoms with van der Waals surface area (Å²) in [7, 11) is 0. The SMILES string of the molecule is C=CCC(=C)S/C=C(\CC)C1=CCC=C(F)C=C1.CC.Cc1ccccc1C. The molecule has 0 spiro atoms. The average molecular weight is 399 g/mol. The second kappa shape index (κ2) is 15.9. The van der Waals surface area contributed by atoms with Gasteiger partial charge in [0.1, 0.15) is 5.83 Å². The van der Waals surface area contributed by atoms with Gasteiger partial charge in [0, 0.05) is 0 Å². The van der Waals surface area contributed by atoms with E-state index in [1.54, 1.807) is 17.8 Å². The van der Waals surface area contributed by atoms with Crippen molar-refractivity contribution in [1.82, 2.24) is 0 Å². The summed E-state index contributed by atoms with van der Waals surface area (Å²) in [6.45, 7) is 18.0. The predicted molar refractivity (Wildman–Crippen MR) is 128 cm³/mol. The van der Waals surface area contributed by atoms with Crippen molar-refractivity contribution in [3.05, 3.63) is 106 Å². The number of allylic oxidation sites excluding steroid dienone is 9. The summed E-state index contributed by atoms with van der Waals surface area (Å²) in [6.07, 6.45) is 11.2. The highest BCUT2D eigenvalue weighted by Crippen LogP contribution is 2.27. The van der Waals surface area contributed by atoms with E-state index in [1.807, 2.05) is 26.0 Å². The molecule has 0 saturated carbocycles. The van der Waals surface area contributed by atoms with Crippen LogP contribution in [0, 0.1) is 13.8 Å². The molecule has 0 fully saturated rings. The Hall–Kier alpha value is -2.06. The van der Waals surface area contributed by atoms with E-state index < -0.39 is 0 Å². The van der Waals surface area contributed by atoms with Crippen LogP contribution in [-0.2, 0) is 0 Å². The molecule has 1 aliphatic rings. The molecule has 152 valence electrons. The van der Waals surface area contributed by atoms with E-state index in [2.05, 4.69) is 69.7 Å². The van der Waals surface area contributed by atoms with Gasteiger partial charge >= 0.3 is 0 Å². The van der Waals surface area contributed by atoms with Gasteiger partial charge in [-0.05, 0) is 77.8 Å². The molecular formula is C26H35FS. The Kier molecular flexibility index (Phi) is 14.8. The van der Waals surface area contributed by atoms with Crippen LogP contribution in [0.2, 0.25) is 0 Å². The van der Waals surface area contributed by atoms with Crippen LogP contribution in [0.3, 0.4) is 0 Å². The van der Waals surface area contributed by atoms with E-state index >= 15 is 0 Å². The number of aryl methyl sites for hydroxylation is 2. The van der Waals surface area contributed by atoms with E-state index in [4.69, 9.17) is 0 Å². The second-order valence-electron chi connectivity index (χ2n) is 6.05. The van der Waals surface area contributed by atoms with Crippen LogP contribution >= 0.6 is 11.8 Å².